The zero-order chi connectivity index (χ0) is 13.5. The standard InChI is InChI=1S/C15H17ClN2O/c1-19-15-7-5-12(6-8-15)10-17-18-11-13-3-2-4-14(16)9-13/h2-9,17-18H,10-11H2,1H3. The van der Waals surface area contributed by atoms with Crippen molar-refractivity contribution in [1.29, 1.82) is 0 Å². The molecular weight excluding hydrogens is 260 g/mol. The predicted octanol–water partition coefficient (Wildman–Crippen LogP) is 3.14. The molecule has 2 aromatic rings. The lowest BCUT2D eigenvalue weighted by Gasteiger charge is -2.08. The van der Waals surface area contributed by atoms with E-state index in [9.17, 15) is 0 Å². The molecule has 0 aliphatic heterocycles. The van der Waals surface area contributed by atoms with Crippen LogP contribution in [0.4, 0.5) is 0 Å². The molecule has 2 N–H and O–H groups in total. The fraction of sp³-hybridized carbons (Fsp3) is 0.200. The first-order chi connectivity index (χ1) is 9.28. The molecule has 0 heterocycles. The summed E-state index contributed by atoms with van der Waals surface area (Å²) < 4.78 is 5.12. The molecule has 0 spiro atoms. The number of hydrazine groups is 1. The number of benzene rings is 2. The van der Waals surface area contributed by atoms with Gasteiger partial charge < -0.3 is 4.74 Å². The number of methoxy groups -OCH3 is 1. The average molecular weight is 277 g/mol. The first-order valence-electron chi connectivity index (χ1n) is 6.11. The second-order valence-electron chi connectivity index (χ2n) is 4.19. The summed E-state index contributed by atoms with van der Waals surface area (Å²) in [6, 6.07) is 15.8. The number of halogens is 1. The predicted molar refractivity (Wildman–Crippen MR) is 78.1 cm³/mol. The Morgan fingerprint density at radius 1 is 0.947 bits per heavy atom. The van der Waals surface area contributed by atoms with Crippen LogP contribution in [0.3, 0.4) is 0 Å². The molecule has 3 nitrogen and oxygen atoms in total. The van der Waals surface area contributed by atoms with E-state index < -0.39 is 0 Å². The van der Waals surface area contributed by atoms with Crippen molar-refractivity contribution < 1.29 is 4.74 Å². The van der Waals surface area contributed by atoms with E-state index >= 15 is 0 Å². The average Bonchev–Trinajstić information content (AvgIpc) is 2.44. The number of rotatable bonds is 6. The maximum atomic E-state index is 5.92. The first kappa shape index (κ1) is 13.9. The normalized spacial score (nSPS) is 10.4. The van der Waals surface area contributed by atoms with Crippen LogP contribution in [0.1, 0.15) is 11.1 Å². The summed E-state index contributed by atoms with van der Waals surface area (Å²) in [7, 11) is 1.67. The van der Waals surface area contributed by atoms with Crippen molar-refractivity contribution in [2.75, 3.05) is 7.11 Å². The molecule has 19 heavy (non-hydrogen) atoms. The molecule has 0 saturated heterocycles. The minimum Gasteiger partial charge on any atom is -0.497 e. The zero-order valence-electron chi connectivity index (χ0n) is 10.8. The van der Waals surface area contributed by atoms with E-state index in [0.717, 1.165) is 29.4 Å². The minimum atomic E-state index is 0.733. The fourth-order valence-electron chi connectivity index (χ4n) is 1.72. The van der Waals surface area contributed by atoms with E-state index in [4.69, 9.17) is 16.3 Å². The fourth-order valence-corrected chi connectivity index (χ4v) is 1.93. The number of hydrogen-bond donors (Lipinski definition) is 2. The molecule has 2 rings (SSSR count). The Balaban J connectivity index is 1.74. The number of ether oxygens (including phenoxy) is 1. The van der Waals surface area contributed by atoms with Gasteiger partial charge in [0.25, 0.3) is 0 Å². The van der Waals surface area contributed by atoms with Gasteiger partial charge in [-0.1, -0.05) is 35.9 Å². The quantitative estimate of drug-likeness (QED) is 0.628. The lowest BCUT2D eigenvalue weighted by Crippen LogP contribution is -2.30. The SMILES string of the molecule is COc1ccc(CNNCc2cccc(Cl)c2)cc1. The summed E-state index contributed by atoms with van der Waals surface area (Å²) >= 11 is 5.92. The van der Waals surface area contributed by atoms with Crippen molar-refractivity contribution in [2.24, 2.45) is 0 Å². The highest BCUT2D eigenvalue weighted by atomic mass is 35.5. The molecule has 0 amide bonds. The highest BCUT2D eigenvalue weighted by Gasteiger charge is 1.95. The van der Waals surface area contributed by atoms with Crippen LogP contribution in [0.2, 0.25) is 5.02 Å². The molecule has 0 saturated carbocycles. The molecule has 0 radical (unpaired) electrons. The lowest BCUT2D eigenvalue weighted by atomic mass is 10.2. The van der Waals surface area contributed by atoms with Crippen molar-refractivity contribution in [3.63, 3.8) is 0 Å². The Morgan fingerprint density at radius 3 is 2.26 bits per heavy atom. The molecule has 0 fully saturated rings. The van der Waals surface area contributed by atoms with E-state index in [1.165, 1.54) is 5.56 Å². The molecule has 0 aliphatic rings. The van der Waals surface area contributed by atoms with Crippen molar-refractivity contribution in [3.8, 4) is 5.75 Å². The topological polar surface area (TPSA) is 33.3 Å². The van der Waals surface area contributed by atoms with Gasteiger partial charge in [-0.2, -0.15) is 0 Å². The van der Waals surface area contributed by atoms with E-state index in [1.807, 2.05) is 48.5 Å². The van der Waals surface area contributed by atoms with Gasteiger partial charge in [0.1, 0.15) is 5.75 Å². The molecule has 0 atom stereocenters. The van der Waals surface area contributed by atoms with Crippen LogP contribution in [0, 0.1) is 0 Å². The molecule has 100 valence electrons. The monoisotopic (exact) mass is 276 g/mol. The van der Waals surface area contributed by atoms with Gasteiger partial charge in [0.15, 0.2) is 0 Å². The molecule has 2 aromatic carbocycles. The van der Waals surface area contributed by atoms with Crippen molar-refractivity contribution >= 4 is 11.6 Å². The largest absolute Gasteiger partial charge is 0.497 e. The van der Waals surface area contributed by atoms with Crippen molar-refractivity contribution in [1.82, 2.24) is 10.9 Å². The van der Waals surface area contributed by atoms with Crippen molar-refractivity contribution in [3.05, 3.63) is 64.7 Å². The first-order valence-corrected chi connectivity index (χ1v) is 6.49. The highest BCUT2D eigenvalue weighted by Crippen LogP contribution is 2.11. The molecule has 0 aromatic heterocycles. The summed E-state index contributed by atoms with van der Waals surface area (Å²) in [5.41, 5.74) is 8.68. The Labute approximate surface area is 118 Å². The third-order valence-electron chi connectivity index (χ3n) is 2.76. The second-order valence-corrected chi connectivity index (χ2v) is 4.62. The van der Waals surface area contributed by atoms with Crippen LogP contribution in [0.25, 0.3) is 0 Å². The van der Waals surface area contributed by atoms with E-state index in [2.05, 4.69) is 10.9 Å². The lowest BCUT2D eigenvalue weighted by molar-refractivity contribution is 0.414. The molecular formula is C15H17ClN2O. The molecule has 0 aliphatic carbocycles. The molecule has 0 bridgehead atoms. The number of hydrogen-bond acceptors (Lipinski definition) is 3. The second kappa shape index (κ2) is 7.14. The van der Waals surface area contributed by atoms with Crippen LogP contribution < -0.4 is 15.6 Å². The summed E-state index contributed by atoms with van der Waals surface area (Å²) in [5.74, 6) is 0.871. The Bertz CT molecular complexity index is 514. The molecule has 0 unspecified atom stereocenters. The van der Waals surface area contributed by atoms with Crippen LogP contribution >= 0.6 is 11.6 Å². The third-order valence-corrected chi connectivity index (χ3v) is 2.99. The van der Waals surface area contributed by atoms with Crippen LogP contribution in [-0.2, 0) is 13.1 Å². The van der Waals surface area contributed by atoms with Gasteiger partial charge in [-0.3, -0.25) is 10.9 Å². The maximum Gasteiger partial charge on any atom is 0.118 e. The maximum absolute atomic E-state index is 5.92. The van der Waals surface area contributed by atoms with Gasteiger partial charge in [-0.15, -0.1) is 0 Å². The summed E-state index contributed by atoms with van der Waals surface area (Å²) in [6.07, 6.45) is 0. The zero-order valence-corrected chi connectivity index (χ0v) is 11.6. The van der Waals surface area contributed by atoms with Gasteiger partial charge in [-0.25, -0.2) is 0 Å². The Kier molecular flexibility index (Phi) is 5.21. The van der Waals surface area contributed by atoms with Crippen molar-refractivity contribution in [2.45, 2.75) is 13.1 Å². The van der Waals surface area contributed by atoms with Gasteiger partial charge in [0.2, 0.25) is 0 Å². The van der Waals surface area contributed by atoms with Gasteiger partial charge in [-0.05, 0) is 35.4 Å². The number of nitrogens with one attached hydrogen (secondary N) is 2. The minimum absolute atomic E-state index is 0.733. The van der Waals surface area contributed by atoms with Gasteiger partial charge >= 0.3 is 0 Å². The Hall–Kier alpha value is -1.55. The van der Waals surface area contributed by atoms with E-state index in [1.54, 1.807) is 7.11 Å². The third kappa shape index (κ3) is 4.56. The Morgan fingerprint density at radius 2 is 1.63 bits per heavy atom. The van der Waals surface area contributed by atoms with E-state index in [-0.39, 0.29) is 0 Å². The van der Waals surface area contributed by atoms with Crippen LogP contribution in [0.15, 0.2) is 48.5 Å². The summed E-state index contributed by atoms with van der Waals surface area (Å²) in [4.78, 5) is 0. The van der Waals surface area contributed by atoms with Gasteiger partial charge in [0, 0.05) is 18.1 Å². The smallest absolute Gasteiger partial charge is 0.118 e. The highest BCUT2D eigenvalue weighted by molar-refractivity contribution is 6.30. The summed E-state index contributed by atoms with van der Waals surface area (Å²) in [6.45, 7) is 1.49. The van der Waals surface area contributed by atoms with Gasteiger partial charge in [0.05, 0.1) is 7.11 Å². The summed E-state index contributed by atoms with van der Waals surface area (Å²) in [5, 5.41) is 0.759. The van der Waals surface area contributed by atoms with Crippen LogP contribution in [-0.4, -0.2) is 7.11 Å². The van der Waals surface area contributed by atoms with Crippen LogP contribution in [0.5, 0.6) is 5.75 Å². The molecule has 4 heteroatoms. The van der Waals surface area contributed by atoms with E-state index in [0.29, 0.717) is 0 Å².